The highest BCUT2D eigenvalue weighted by molar-refractivity contribution is 5.32. The van der Waals surface area contributed by atoms with Gasteiger partial charge in [0.15, 0.2) is 12.1 Å². The van der Waals surface area contributed by atoms with Crippen molar-refractivity contribution in [3.63, 3.8) is 0 Å². The molecule has 5 atom stereocenters. The van der Waals surface area contributed by atoms with Gasteiger partial charge in [0.25, 0.3) is 0 Å². The Bertz CT molecular complexity index is 625. The van der Waals surface area contributed by atoms with E-state index in [1.807, 2.05) is 0 Å². The molecule has 2 fully saturated rings. The summed E-state index contributed by atoms with van der Waals surface area (Å²) >= 11 is 0. The Hall–Kier alpha value is -0.940. The summed E-state index contributed by atoms with van der Waals surface area (Å²) in [4.78, 5) is 0. The Kier molecular flexibility index (Phi) is 8.15. The van der Waals surface area contributed by atoms with E-state index in [2.05, 4.69) is 52.8 Å². The van der Waals surface area contributed by atoms with Gasteiger partial charge in [-0.05, 0) is 43.4 Å². The predicted octanol–water partition coefficient (Wildman–Crippen LogP) is 6.21. The van der Waals surface area contributed by atoms with Crippen LogP contribution in [0.3, 0.4) is 0 Å². The van der Waals surface area contributed by atoms with Crippen LogP contribution in [-0.2, 0) is 25.6 Å². The van der Waals surface area contributed by atoms with Gasteiger partial charge in [0.05, 0.1) is 12.7 Å². The highest BCUT2D eigenvalue weighted by Crippen LogP contribution is 2.44. The van der Waals surface area contributed by atoms with Crippen LogP contribution in [0.1, 0.15) is 88.8 Å². The van der Waals surface area contributed by atoms with Crippen LogP contribution in [0.2, 0.25) is 0 Å². The summed E-state index contributed by atoms with van der Waals surface area (Å²) < 4.78 is 25.9. The number of unbranched alkanes of at least 4 members (excludes halogenated alkanes) is 2. The van der Waals surface area contributed by atoms with Gasteiger partial charge < -0.3 is 18.9 Å². The molecule has 2 aliphatic heterocycles. The van der Waals surface area contributed by atoms with Crippen LogP contribution in [0, 0.1) is 13.8 Å². The SMILES string of the molecule is CCCC[C@H]1O[C@@H]2OC(CCC)(CCCC)O[C@@H]2[C@H]1OCc1c(C)cccc1C. The van der Waals surface area contributed by atoms with E-state index in [1.165, 1.54) is 16.7 Å². The van der Waals surface area contributed by atoms with Crippen molar-refractivity contribution in [1.82, 2.24) is 0 Å². The van der Waals surface area contributed by atoms with E-state index >= 15 is 0 Å². The first-order valence-electron chi connectivity index (χ1n) is 11.7. The van der Waals surface area contributed by atoms with Gasteiger partial charge in [0.1, 0.15) is 12.2 Å². The molecule has 29 heavy (non-hydrogen) atoms. The fourth-order valence-electron chi connectivity index (χ4n) is 4.68. The molecule has 0 bridgehead atoms. The smallest absolute Gasteiger partial charge is 0.190 e. The lowest BCUT2D eigenvalue weighted by molar-refractivity contribution is -0.244. The highest BCUT2D eigenvalue weighted by Gasteiger charge is 2.57. The summed E-state index contributed by atoms with van der Waals surface area (Å²) in [6, 6.07) is 6.41. The van der Waals surface area contributed by atoms with E-state index < -0.39 is 5.79 Å². The third-order valence-corrected chi connectivity index (χ3v) is 6.40. The fraction of sp³-hybridized carbons (Fsp3) is 0.760. The molecule has 1 unspecified atom stereocenters. The quantitative estimate of drug-likeness (QED) is 0.440. The van der Waals surface area contributed by atoms with Crippen LogP contribution in [0.25, 0.3) is 0 Å². The van der Waals surface area contributed by atoms with E-state index in [4.69, 9.17) is 18.9 Å². The zero-order chi connectivity index (χ0) is 20.9. The molecule has 4 heteroatoms. The number of rotatable bonds is 11. The summed E-state index contributed by atoms with van der Waals surface area (Å²) in [5.41, 5.74) is 3.82. The number of benzene rings is 1. The maximum Gasteiger partial charge on any atom is 0.190 e. The number of hydrogen-bond donors (Lipinski definition) is 0. The van der Waals surface area contributed by atoms with Crippen LogP contribution in [0.15, 0.2) is 18.2 Å². The minimum absolute atomic E-state index is 0.0417. The maximum atomic E-state index is 6.62. The average Bonchev–Trinajstić information content (AvgIpc) is 3.19. The van der Waals surface area contributed by atoms with Crippen molar-refractivity contribution < 1.29 is 18.9 Å². The molecule has 0 spiro atoms. The van der Waals surface area contributed by atoms with Gasteiger partial charge in [0, 0.05) is 12.8 Å². The van der Waals surface area contributed by atoms with E-state index in [1.54, 1.807) is 0 Å². The normalized spacial score (nSPS) is 31.3. The maximum absolute atomic E-state index is 6.62. The third kappa shape index (κ3) is 5.22. The molecule has 1 aromatic rings. The average molecular weight is 405 g/mol. The molecule has 164 valence electrons. The summed E-state index contributed by atoms with van der Waals surface area (Å²) in [5, 5.41) is 0. The highest BCUT2D eigenvalue weighted by atomic mass is 16.8. The summed E-state index contributed by atoms with van der Waals surface area (Å²) in [6.45, 7) is 11.5. The van der Waals surface area contributed by atoms with Gasteiger partial charge >= 0.3 is 0 Å². The monoisotopic (exact) mass is 404 g/mol. The van der Waals surface area contributed by atoms with Crippen LogP contribution in [0.4, 0.5) is 0 Å². The first-order chi connectivity index (χ1) is 14.0. The van der Waals surface area contributed by atoms with Crippen LogP contribution in [0.5, 0.6) is 0 Å². The van der Waals surface area contributed by atoms with Crippen LogP contribution < -0.4 is 0 Å². The third-order valence-electron chi connectivity index (χ3n) is 6.40. The van der Waals surface area contributed by atoms with Crippen molar-refractivity contribution in [3.8, 4) is 0 Å². The summed E-state index contributed by atoms with van der Waals surface area (Å²) in [7, 11) is 0. The topological polar surface area (TPSA) is 36.9 Å². The summed E-state index contributed by atoms with van der Waals surface area (Å²) in [5.74, 6) is -0.504. The van der Waals surface area contributed by atoms with Crippen molar-refractivity contribution >= 4 is 0 Å². The molecule has 0 aromatic heterocycles. The van der Waals surface area contributed by atoms with Gasteiger partial charge in [-0.1, -0.05) is 64.7 Å². The lowest BCUT2D eigenvalue weighted by atomic mass is 10.0. The van der Waals surface area contributed by atoms with Gasteiger partial charge in [-0.15, -0.1) is 0 Å². The summed E-state index contributed by atoms with van der Waals surface area (Å²) in [6.07, 6.45) is 7.91. The second-order valence-corrected chi connectivity index (χ2v) is 8.80. The molecule has 2 heterocycles. The minimum atomic E-state index is -0.504. The molecular formula is C25H40O4. The number of ether oxygens (including phenoxy) is 4. The Labute approximate surface area is 177 Å². The van der Waals surface area contributed by atoms with E-state index in [0.717, 1.165) is 51.4 Å². The van der Waals surface area contributed by atoms with Crippen LogP contribution in [-0.4, -0.2) is 30.4 Å². The standard InChI is InChI=1S/C25H40O4/c1-6-9-14-21-22(26-17-20-18(4)12-11-13-19(20)5)23-24(27-21)29-25(28-23,15-8-3)16-10-7-2/h11-13,21-24H,6-10,14-17H2,1-5H3/t21-,22+,23-,24-,25?/m1/s1. The Morgan fingerprint density at radius 3 is 2.31 bits per heavy atom. The molecule has 0 amide bonds. The van der Waals surface area contributed by atoms with Gasteiger partial charge in [-0.2, -0.15) is 0 Å². The lowest BCUT2D eigenvalue weighted by Gasteiger charge is -2.31. The first kappa shape index (κ1) is 22.7. The second-order valence-electron chi connectivity index (χ2n) is 8.80. The first-order valence-corrected chi connectivity index (χ1v) is 11.7. The zero-order valence-corrected chi connectivity index (χ0v) is 19.0. The molecule has 3 rings (SSSR count). The molecule has 0 N–H and O–H groups in total. The molecule has 4 nitrogen and oxygen atoms in total. The minimum Gasteiger partial charge on any atom is -0.368 e. The van der Waals surface area contributed by atoms with Gasteiger partial charge in [-0.3, -0.25) is 0 Å². The van der Waals surface area contributed by atoms with Crippen molar-refractivity contribution in [2.24, 2.45) is 0 Å². The van der Waals surface area contributed by atoms with Crippen molar-refractivity contribution in [3.05, 3.63) is 34.9 Å². The Balaban J connectivity index is 1.74. The molecular weight excluding hydrogens is 364 g/mol. The van der Waals surface area contributed by atoms with Crippen molar-refractivity contribution in [2.75, 3.05) is 0 Å². The number of fused-ring (bicyclic) bond motifs is 1. The van der Waals surface area contributed by atoms with Gasteiger partial charge in [0.2, 0.25) is 0 Å². The largest absolute Gasteiger partial charge is 0.368 e. The number of hydrogen-bond acceptors (Lipinski definition) is 4. The number of aryl methyl sites for hydroxylation is 2. The molecule has 0 radical (unpaired) electrons. The molecule has 0 saturated carbocycles. The predicted molar refractivity (Wildman–Crippen MR) is 116 cm³/mol. The van der Waals surface area contributed by atoms with E-state index in [0.29, 0.717) is 6.61 Å². The lowest BCUT2D eigenvalue weighted by Crippen LogP contribution is -2.39. The van der Waals surface area contributed by atoms with Gasteiger partial charge in [-0.25, -0.2) is 0 Å². The Morgan fingerprint density at radius 2 is 1.66 bits per heavy atom. The molecule has 1 aromatic carbocycles. The van der Waals surface area contributed by atoms with Crippen molar-refractivity contribution in [1.29, 1.82) is 0 Å². The zero-order valence-electron chi connectivity index (χ0n) is 19.0. The van der Waals surface area contributed by atoms with Crippen LogP contribution >= 0.6 is 0 Å². The Morgan fingerprint density at radius 1 is 0.931 bits per heavy atom. The second kappa shape index (κ2) is 10.4. The fourth-order valence-corrected chi connectivity index (χ4v) is 4.68. The molecule has 2 saturated heterocycles. The van der Waals surface area contributed by atoms with Crippen molar-refractivity contribution in [2.45, 2.75) is 123 Å². The molecule has 0 aliphatic carbocycles. The molecule has 2 aliphatic rings. The van der Waals surface area contributed by atoms with E-state index in [9.17, 15) is 0 Å². The van der Waals surface area contributed by atoms with E-state index in [-0.39, 0.29) is 24.6 Å².